The van der Waals surface area contributed by atoms with Gasteiger partial charge in [-0.15, -0.1) is 0 Å². The molecule has 7 nitrogen and oxygen atoms in total. The molecule has 30 heavy (non-hydrogen) atoms. The molecule has 0 saturated carbocycles. The molecule has 0 spiro atoms. The van der Waals surface area contributed by atoms with E-state index in [1.807, 2.05) is 37.2 Å². The molecule has 3 aromatic rings. The Labute approximate surface area is 174 Å². The zero-order valence-electron chi connectivity index (χ0n) is 16.6. The number of amides is 2. The number of hydrogen-bond donors (Lipinski definition) is 3. The molecule has 0 bridgehead atoms. The number of carbonyl (C=O) groups is 1. The standard InChI is InChI=1S/C21H23FN4O3S/c1-26(2)19-7-3-6-18-17(19)5-4-8-20(18)30(28,29)24-14-13-23-21(27)25-16-11-9-15(22)10-12-16/h3-12,24H,13-14H2,1-2H3,(H2,23,25,27). The minimum absolute atomic E-state index is 0.0168. The van der Waals surface area contributed by atoms with Gasteiger partial charge in [-0.3, -0.25) is 0 Å². The van der Waals surface area contributed by atoms with Crippen molar-refractivity contribution in [2.45, 2.75) is 4.90 Å². The van der Waals surface area contributed by atoms with Crippen LogP contribution in [0.5, 0.6) is 0 Å². The fourth-order valence-corrected chi connectivity index (χ4v) is 4.29. The Bertz CT molecular complexity index is 1150. The van der Waals surface area contributed by atoms with E-state index >= 15 is 0 Å². The lowest BCUT2D eigenvalue weighted by Gasteiger charge is -2.17. The summed E-state index contributed by atoms with van der Waals surface area (Å²) < 4.78 is 41.0. The van der Waals surface area contributed by atoms with Crippen LogP contribution in [-0.4, -0.2) is 41.6 Å². The Hall–Kier alpha value is -3.17. The molecular weight excluding hydrogens is 407 g/mol. The molecule has 0 aromatic heterocycles. The van der Waals surface area contributed by atoms with Gasteiger partial charge in [-0.1, -0.05) is 24.3 Å². The highest BCUT2D eigenvalue weighted by atomic mass is 32.2. The van der Waals surface area contributed by atoms with Crippen LogP contribution in [-0.2, 0) is 10.0 Å². The van der Waals surface area contributed by atoms with Gasteiger partial charge in [0, 0.05) is 49.3 Å². The number of nitrogens with zero attached hydrogens (tertiary/aromatic N) is 1. The minimum Gasteiger partial charge on any atom is -0.377 e. The summed E-state index contributed by atoms with van der Waals surface area (Å²) in [7, 11) is 0.0265. The Morgan fingerprint density at radius 2 is 1.60 bits per heavy atom. The maximum absolute atomic E-state index is 12.9. The van der Waals surface area contributed by atoms with Crippen LogP contribution in [0.1, 0.15) is 0 Å². The SMILES string of the molecule is CN(C)c1cccc2c(S(=O)(=O)NCCNC(=O)Nc3ccc(F)cc3)cccc12. The predicted molar refractivity (Wildman–Crippen MR) is 117 cm³/mol. The molecule has 0 saturated heterocycles. The van der Waals surface area contributed by atoms with Crippen LogP contribution in [0.4, 0.5) is 20.6 Å². The lowest BCUT2D eigenvalue weighted by molar-refractivity contribution is 0.252. The van der Waals surface area contributed by atoms with Gasteiger partial charge in [-0.2, -0.15) is 0 Å². The molecule has 0 aliphatic carbocycles. The smallest absolute Gasteiger partial charge is 0.319 e. The van der Waals surface area contributed by atoms with E-state index in [1.165, 1.54) is 24.3 Å². The van der Waals surface area contributed by atoms with E-state index in [0.29, 0.717) is 11.1 Å². The third-order valence-corrected chi connectivity index (χ3v) is 5.95. The number of benzene rings is 3. The summed E-state index contributed by atoms with van der Waals surface area (Å²) in [5, 5.41) is 6.55. The van der Waals surface area contributed by atoms with Gasteiger partial charge >= 0.3 is 6.03 Å². The van der Waals surface area contributed by atoms with Crippen molar-refractivity contribution in [2.24, 2.45) is 0 Å². The Morgan fingerprint density at radius 1 is 0.933 bits per heavy atom. The van der Waals surface area contributed by atoms with Crippen molar-refractivity contribution in [1.29, 1.82) is 0 Å². The normalized spacial score (nSPS) is 11.3. The molecule has 0 aliphatic heterocycles. The van der Waals surface area contributed by atoms with E-state index in [-0.39, 0.29) is 18.0 Å². The summed E-state index contributed by atoms with van der Waals surface area (Å²) in [6.45, 7) is 0.100. The molecule has 0 fully saturated rings. The van der Waals surface area contributed by atoms with Crippen molar-refractivity contribution in [1.82, 2.24) is 10.0 Å². The molecule has 0 radical (unpaired) electrons. The molecule has 158 valence electrons. The van der Waals surface area contributed by atoms with Crippen LogP contribution in [0.3, 0.4) is 0 Å². The first-order valence-corrected chi connectivity index (χ1v) is 10.8. The summed E-state index contributed by atoms with van der Waals surface area (Å²) in [6.07, 6.45) is 0. The summed E-state index contributed by atoms with van der Waals surface area (Å²) in [4.78, 5) is 14.0. The molecule has 3 N–H and O–H groups in total. The van der Waals surface area contributed by atoms with Crippen LogP contribution < -0.4 is 20.3 Å². The monoisotopic (exact) mass is 430 g/mol. The number of urea groups is 1. The molecule has 0 heterocycles. The highest BCUT2D eigenvalue weighted by Crippen LogP contribution is 2.29. The lowest BCUT2D eigenvalue weighted by atomic mass is 10.1. The first kappa shape index (κ1) is 21.5. The van der Waals surface area contributed by atoms with Gasteiger partial charge in [-0.25, -0.2) is 22.3 Å². The van der Waals surface area contributed by atoms with Crippen LogP contribution in [0.25, 0.3) is 10.8 Å². The lowest BCUT2D eigenvalue weighted by Crippen LogP contribution is -2.36. The summed E-state index contributed by atoms with van der Waals surface area (Å²) >= 11 is 0. The summed E-state index contributed by atoms with van der Waals surface area (Å²) in [6, 6.07) is 15.5. The van der Waals surface area contributed by atoms with Crippen molar-refractivity contribution >= 4 is 38.2 Å². The van der Waals surface area contributed by atoms with E-state index in [4.69, 9.17) is 0 Å². The van der Waals surface area contributed by atoms with Gasteiger partial charge in [0.15, 0.2) is 0 Å². The second-order valence-electron chi connectivity index (χ2n) is 6.81. The number of anilines is 2. The third-order valence-electron chi connectivity index (χ3n) is 4.44. The molecule has 2 amide bonds. The number of hydrogen-bond acceptors (Lipinski definition) is 4. The van der Waals surface area contributed by atoms with Gasteiger partial charge in [0.2, 0.25) is 10.0 Å². The Morgan fingerprint density at radius 3 is 2.30 bits per heavy atom. The van der Waals surface area contributed by atoms with E-state index in [9.17, 15) is 17.6 Å². The third kappa shape index (κ3) is 5.05. The number of halogens is 1. The number of rotatable bonds is 7. The first-order valence-electron chi connectivity index (χ1n) is 9.27. The molecule has 3 aromatic carbocycles. The topological polar surface area (TPSA) is 90.5 Å². The van der Waals surface area contributed by atoms with Gasteiger partial charge in [0.25, 0.3) is 0 Å². The first-order chi connectivity index (χ1) is 14.3. The average molecular weight is 431 g/mol. The maximum atomic E-state index is 12.9. The maximum Gasteiger partial charge on any atom is 0.319 e. The number of fused-ring (bicyclic) bond motifs is 1. The highest BCUT2D eigenvalue weighted by Gasteiger charge is 2.18. The fourth-order valence-electron chi connectivity index (χ4n) is 3.04. The van der Waals surface area contributed by atoms with E-state index in [1.54, 1.807) is 18.2 Å². The number of nitrogens with one attached hydrogen (secondary N) is 3. The van der Waals surface area contributed by atoms with Crippen molar-refractivity contribution < 1.29 is 17.6 Å². The van der Waals surface area contributed by atoms with Crippen LogP contribution in [0.15, 0.2) is 65.6 Å². The van der Waals surface area contributed by atoms with E-state index in [2.05, 4.69) is 15.4 Å². The van der Waals surface area contributed by atoms with Crippen LogP contribution >= 0.6 is 0 Å². The predicted octanol–water partition coefficient (Wildman–Crippen LogP) is 3.14. The van der Waals surface area contributed by atoms with Gasteiger partial charge < -0.3 is 15.5 Å². The van der Waals surface area contributed by atoms with Gasteiger partial charge in [0.05, 0.1) is 4.90 Å². The molecule has 0 aliphatic rings. The number of carbonyl (C=O) groups excluding carboxylic acids is 1. The molecule has 0 unspecified atom stereocenters. The second-order valence-corrected chi connectivity index (χ2v) is 8.54. The van der Waals surface area contributed by atoms with Gasteiger partial charge in [-0.05, 0) is 36.4 Å². The Kier molecular flexibility index (Phi) is 6.53. The van der Waals surface area contributed by atoms with Crippen molar-refractivity contribution in [3.05, 3.63) is 66.5 Å². The molecule has 9 heteroatoms. The van der Waals surface area contributed by atoms with E-state index < -0.39 is 21.9 Å². The molecule has 3 rings (SSSR count). The van der Waals surface area contributed by atoms with Crippen molar-refractivity contribution in [3.63, 3.8) is 0 Å². The van der Waals surface area contributed by atoms with Crippen molar-refractivity contribution in [2.75, 3.05) is 37.4 Å². The quantitative estimate of drug-likeness (QED) is 0.502. The van der Waals surface area contributed by atoms with Gasteiger partial charge in [0.1, 0.15) is 5.82 Å². The van der Waals surface area contributed by atoms with Crippen LogP contribution in [0, 0.1) is 5.82 Å². The minimum atomic E-state index is -3.77. The molecule has 0 atom stereocenters. The largest absolute Gasteiger partial charge is 0.377 e. The highest BCUT2D eigenvalue weighted by molar-refractivity contribution is 7.89. The van der Waals surface area contributed by atoms with Crippen LogP contribution in [0.2, 0.25) is 0 Å². The van der Waals surface area contributed by atoms with E-state index in [0.717, 1.165) is 11.1 Å². The average Bonchev–Trinajstić information content (AvgIpc) is 2.72. The molecular formula is C21H23FN4O3S. The summed E-state index contributed by atoms with van der Waals surface area (Å²) in [5.74, 6) is -0.401. The summed E-state index contributed by atoms with van der Waals surface area (Å²) in [5.41, 5.74) is 1.35. The number of sulfonamides is 1. The second kappa shape index (κ2) is 9.10. The zero-order valence-corrected chi connectivity index (χ0v) is 17.5. The zero-order chi connectivity index (χ0) is 21.7. The van der Waals surface area contributed by atoms with Crippen molar-refractivity contribution in [3.8, 4) is 0 Å². The fraction of sp³-hybridized carbons (Fsp3) is 0.190. The Balaban J connectivity index is 1.62.